The van der Waals surface area contributed by atoms with Gasteiger partial charge in [-0.1, -0.05) is 0 Å². The largest absolute Gasteiger partial charge is 0.327 e. The van der Waals surface area contributed by atoms with Crippen LogP contribution >= 0.6 is 11.3 Å². The van der Waals surface area contributed by atoms with Crippen molar-refractivity contribution in [3.63, 3.8) is 0 Å². The molecule has 1 aromatic rings. The number of rotatable bonds is 4. The topological polar surface area (TPSA) is 55.1 Å². The number of thiophene rings is 1. The standard InChI is InChI=1S/C10H14N2OS/c11-9(7-1-2-7)5-10(13)12-8-3-4-14-6-8/h3-4,6-7,9H,1-2,5,11H2,(H,12,13). The van der Waals surface area contributed by atoms with E-state index in [9.17, 15) is 4.79 Å². The summed E-state index contributed by atoms with van der Waals surface area (Å²) in [6, 6.07) is 1.94. The molecule has 14 heavy (non-hydrogen) atoms. The highest BCUT2D eigenvalue weighted by molar-refractivity contribution is 7.08. The maximum Gasteiger partial charge on any atom is 0.225 e. The minimum absolute atomic E-state index is 0.0304. The van der Waals surface area contributed by atoms with Gasteiger partial charge in [0.05, 0.1) is 5.69 Å². The Morgan fingerprint density at radius 1 is 1.71 bits per heavy atom. The van der Waals surface area contributed by atoms with Crippen LogP contribution in [-0.4, -0.2) is 11.9 Å². The molecule has 1 aliphatic carbocycles. The van der Waals surface area contributed by atoms with Gasteiger partial charge in [-0.25, -0.2) is 0 Å². The van der Waals surface area contributed by atoms with Crippen LogP contribution in [0.4, 0.5) is 5.69 Å². The van der Waals surface area contributed by atoms with Crippen molar-refractivity contribution in [2.45, 2.75) is 25.3 Å². The molecule has 1 heterocycles. The molecule has 0 saturated heterocycles. The lowest BCUT2D eigenvalue weighted by molar-refractivity contribution is -0.116. The van der Waals surface area contributed by atoms with Crippen LogP contribution in [-0.2, 0) is 4.79 Å². The third-order valence-corrected chi connectivity index (χ3v) is 3.14. The first-order valence-corrected chi connectivity index (χ1v) is 5.77. The number of amides is 1. The molecule has 1 atom stereocenters. The van der Waals surface area contributed by atoms with Crippen molar-refractivity contribution in [3.05, 3.63) is 16.8 Å². The summed E-state index contributed by atoms with van der Waals surface area (Å²) in [5, 5.41) is 6.69. The number of hydrogen-bond acceptors (Lipinski definition) is 3. The maximum atomic E-state index is 11.5. The smallest absolute Gasteiger partial charge is 0.225 e. The number of carbonyl (C=O) groups is 1. The highest BCUT2D eigenvalue weighted by atomic mass is 32.1. The van der Waals surface area contributed by atoms with Gasteiger partial charge in [0.15, 0.2) is 0 Å². The molecule has 1 unspecified atom stereocenters. The van der Waals surface area contributed by atoms with Gasteiger partial charge in [0.2, 0.25) is 5.91 Å². The first-order valence-electron chi connectivity index (χ1n) is 4.83. The Morgan fingerprint density at radius 2 is 2.50 bits per heavy atom. The molecule has 1 fully saturated rings. The van der Waals surface area contributed by atoms with Crippen LogP contribution in [0.1, 0.15) is 19.3 Å². The Kier molecular flexibility index (Phi) is 2.84. The molecule has 0 spiro atoms. The van der Waals surface area contributed by atoms with Crippen molar-refractivity contribution >= 4 is 22.9 Å². The molecule has 0 radical (unpaired) electrons. The molecule has 0 aromatic carbocycles. The molecule has 1 amide bonds. The number of nitrogens with two attached hydrogens (primary N) is 1. The van der Waals surface area contributed by atoms with Crippen LogP contribution in [0.2, 0.25) is 0 Å². The second-order valence-corrected chi connectivity index (χ2v) is 4.55. The first kappa shape index (κ1) is 9.68. The summed E-state index contributed by atoms with van der Waals surface area (Å²) < 4.78 is 0. The van der Waals surface area contributed by atoms with E-state index in [4.69, 9.17) is 5.73 Å². The summed E-state index contributed by atoms with van der Waals surface area (Å²) in [5.74, 6) is 0.617. The van der Waals surface area contributed by atoms with Gasteiger partial charge >= 0.3 is 0 Å². The SMILES string of the molecule is NC(CC(=O)Nc1ccsc1)C1CC1. The van der Waals surface area contributed by atoms with E-state index in [-0.39, 0.29) is 11.9 Å². The van der Waals surface area contributed by atoms with E-state index in [0.29, 0.717) is 12.3 Å². The Balaban J connectivity index is 1.78. The first-order chi connectivity index (χ1) is 6.75. The van der Waals surface area contributed by atoms with Crippen molar-refractivity contribution in [1.29, 1.82) is 0 Å². The van der Waals surface area contributed by atoms with Gasteiger partial charge in [-0.3, -0.25) is 4.79 Å². The van der Waals surface area contributed by atoms with Gasteiger partial charge in [-0.15, -0.1) is 0 Å². The van der Waals surface area contributed by atoms with E-state index < -0.39 is 0 Å². The minimum Gasteiger partial charge on any atom is -0.327 e. The van der Waals surface area contributed by atoms with Crippen LogP contribution in [0.5, 0.6) is 0 Å². The lowest BCUT2D eigenvalue weighted by Crippen LogP contribution is -2.28. The van der Waals surface area contributed by atoms with E-state index in [0.717, 1.165) is 5.69 Å². The fourth-order valence-electron chi connectivity index (χ4n) is 1.45. The summed E-state index contributed by atoms with van der Waals surface area (Å²) in [5.41, 5.74) is 6.73. The van der Waals surface area contributed by atoms with Crippen molar-refractivity contribution in [2.24, 2.45) is 11.7 Å². The van der Waals surface area contributed by atoms with E-state index in [1.807, 2.05) is 16.8 Å². The Morgan fingerprint density at radius 3 is 3.07 bits per heavy atom. The zero-order chi connectivity index (χ0) is 9.97. The van der Waals surface area contributed by atoms with Crippen LogP contribution in [0.25, 0.3) is 0 Å². The van der Waals surface area contributed by atoms with E-state index in [1.165, 1.54) is 12.8 Å². The average molecular weight is 210 g/mol. The van der Waals surface area contributed by atoms with Gasteiger partial charge in [0.1, 0.15) is 0 Å². The lowest BCUT2D eigenvalue weighted by Gasteiger charge is -2.09. The van der Waals surface area contributed by atoms with Crippen LogP contribution < -0.4 is 11.1 Å². The molecular weight excluding hydrogens is 196 g/mol. The zero-order valence-corrected chi connectivity index (χ0v) is 8.72. The Labute approximate surface area is 87.3 Å². The van der Waals surface area contributed by atoms with E-state index in [2.05, 4.69) is 5.32 Å². The number of hydrogen-bond donors (Lipinski definition) is 2. The van der Waals surface area contributed by atoms with Crippen LogP contribution in [0.3, 0.4) is 0 Å². The second kappa shape index (κ2) is 4.11. The van der Waals surface area contributed by atoms with Crippen molar-refractivity contribution < 1.29 is 4.79 Å². The molecule has 2 rings (SSSR count). The van der Waals surface area contributed by atoms with E-state index in [1.54, 1.807) is 11.3 Å². The van der Waals surface area contributed by atoms with Gasteiger partial charge in [0, 0.05) is 17.8 Å². The van der Waals surface area contributed by atoms with Gasteiger partial charge in [-0.05, 0) is 30.2 Å². The van der Waals surface area contributed by atoms with Crippen LogP contribution in [0, 0.1) is 5.92 Å². The second-order valence-electron chi connectivity index (χ2n) is 3.77. The van der Waals surface area contributed by atoms with Crippen molar-refractivity contribution in [3.8, 4) is 0 Å². The van der Waals surface area contributed by atoms with Crippen molar-refractivity contribution in [2.75, 3.05) is 5.32 Å². The van der Waals surface area contributed by atoms with Crippen molar-refractivity contribution in [1.82, 2.24) is 0 Å². The van der Waals surface area contributed by atoms with Gasteiger partial charge in [-0.2, -0.15) is 11.3 Å². The normalized spacial score (nSPS) is 17.8. The summed E-state index contributed by atoms with van der Waals surface area (Å²) in [6.45, 7) is 0. The predicted molar refractivity (Wildman–Crippen MR) is 58.3 cm³/mol. The quantitative estimate of drug-likeness (QED) is 0.796. The van der Waals surface area contributed by atoms with Crippen LogP contribution in [0.15, 0.2) is 16.8 Å². The Hall–Kier alpha value is -0.870. The predicted octanol–water partition coefficient (Wildman–Crippen LogP) is 1.81. The lowest BCUT2D eigenvalue weighted by atomic mass is 10.1. The average Bonchev–Trinajstić information content (AvgIpc) is 2.87. The molecule has 4 heteroatoms. The number of nitrogens with one attached hydrogen (secondary N) is 1. The van der Waals surface area contributed by atoms with Gasteiger partial charge in [0.25, 0.3) is 0 Å². The Bertz CT molecular complexity index is 306. The number of anilines is 1. The minimum atomic E-state index is 0.0304. The molecular formula is C10H14N2OS. The molecule has 3 nitrogen and oxygen atoms in total. The molecule has 76 valence electrons. The molecule has 1 aliphatic rings. The summed E-state index contributed by atoms with van der Waals surface area (Å²) >= 11 is 1.57. The highest BCUT2D eigenvalue weighted by Gasteiger charge is 2.29. The summed E-state index contributed by atoms with van der Waals surface area (Å²) in [7, 11) is 0. The maximum absolute atomic E-state index is 11.5. The fraction of sp³-hybridized carbons (Fsp3) is 0.500. The molecule has 0 bridgehead atoms. The highest BCUT2D eigenvalue weighted by Crippen LogP contribution is 2.32. The third-order valence-electron chi connectivity index (χ3n) is 2.45. The van der Waals surface area contributed by atoms with Gasteiger partial charge < -0.3 is 11.1 Å². The zero-order valence-electron chi connectivity index (χ0n) is 7.90. The number of carbonyl (C=O) groups excluding carboxylic acids is 1. The fourth-order valence-corrected chi connectivity index (χ4v) is 2.04. The molecule has 1 aromatic heterocycles. The molecule has 3 N–H and O–H groups in total. The molecule has 0 aliphatic heterocycles. The summed E-state index contributed by atoms with van der Waals surface area (Å²) in [4.78, 5) is 11.5. The monoisotopic (exact) mass is 210 g/mol. The van der Waals surface area contributed by atoms with E-state index >= 15 is 0 Å². The third kappa shape index (κ3) is 2.56. The molecule has 1 saturated carbocycles. The summed E-state index contributed by atoms with van der Waals surface area (Å²) in [6.07, 6.45) is 2.82.